The first-order valence-corrected chi connectivity index (χ1v) is 9.53. The van der Waals surface area contributed by atoms with E-state index in [0.29, 0.717) is 17.9 Å². The van der Waals surface area contributed by atoms with Gasteiger partial charge in [-0.25, -0.2) is 0 Å². The number of terminal acetylenes is 2. The van der Waals surface area contributed by atoms with Crippen LogP contribution < -0.4 is 14.8 Å². The van der Waals surface area contributed by atoms with Crippen molar-refractivity contribution in [2.75, 3.05) is 26.9 Å². The second kappa shape index (κ2) is 11.7. The van der Waals surface area contributed by atoms with E-state index >= 15 is 0 Å². The number of carbonyl (C=O) groups excluding carboxylic acids is 1. The van der Waals surface area contributed by atoms with E-state index in [4.69, 9.17) is 27.1 Å². The van der Waals surface area contributed by atoms with Crippen LogP contribution in [0.15, 0.2) is 42.5 Å². The summed E-state index contributed by atoms with van der Waals surface area (Å²) in [5.41, 5.74) is 0.314. The molecule has 1 unspecified atom stereocenters. The van der Waals surface area contributed by atoms with Crippen LogP contribution in [-0.2, 0) is 22.1 Å². The van der Waals surface area contributed by atoms with E-state index in [2.05, 4.69) is 17.2 Å². The van der Waals surface area contributed by atoms with Crippen LogP contribution in [0.5, 0.6) is 11.5 Å². The maximum absolute atomic E-state index is 12.8. The molecule has 1 atom stereocenters. The van der Waals surface area contributed by atoms with Gasteiger partial charge in [0.05, 0.1) is 12.7 Å². The number of rotatable bonds is 10. The van der Waals surface area contributed by atoms with Crippen LogP contribution in [-0.4, -0.2) is 32.8 Å². The molecule has 1 N–H and O–H groups in total. The molecule has 32 heavy (non-hydrogen) atoms. The highest BCUT2D eigenvalue weighted by atomic mass is 19.4. The molecule has 0 aromatic heterocycles. The Labute approximate surface area is 184 Å². The van der Waals surface area contributed by atoms with Gasteiger partial charge < -0.3 is 19.5 Å². The molecule has 0 fully saturated rings. The fourth-order valence-electron chi connectivity index (χ4n) is 2.83. The summed E-state index contributed by atoms with van der Waals surface area (Å²) in [5.74, 6) is 5.12. The second-order valence-corrected chi connectivity index (χ2v) is 6.53. The maximum Gasteiger partial charge on any atom is 0.416 e. The smallest absolute Gasteiger partial charge is 0.416 e. The Balaban J connectivity index is 2.03. The topological polar surface area (TPSA) is 56.8 Å². The minimum atomic E-state index is -4.47. The van der Waals surface area contributed by atoms with Crippen LogP contribution in [0.3, 0.4) is 0 Å². The molecule has 2 aromatic carbocycles. The lowest BCUT2D eigenvalue weighted by Gasteiger charge is -2.18. The highest BCUT2D eigenvalue weighted by Gasteiger charge is 2.31. The summed E-state index contributed by atoms with van der Waals surface area (Å²) in [4.78, 5) is 12.6. The number of nitrogens with one attached hydrogen (secondary N) is 1. The summed E-state index contributed by atoms with van der Waals surface area (Å²) in [5, 5.41) is 2.72. The van der Waals surface area contributed by atoms with Crippen molar-refractivity contribution in [1.82, 2.24) is 5.32 Å². The molecule has 0 saturated heterocycles. The van der Waals surface area contributed by atoms with Gasteiger partial charge in [0.2, 0.25) is 0 Å². The minimum Gasteiger partial charge on any atom is -0.493 e. The fraction of sp³-hybridized carbons (Fsp3) is 0.292. The number of methoxy groups -OCH3 is 1. The maximum atomic E-state index is 12.8. The summed E-state index contributed by atoms with van der Waals surface area (Å²) in [7, 11) is 1.50. The van der Waals surface area contributed by atoms with Crippen molar-refractivity contribution < 1.29 is 32.2 Å². The van der Waals surface area contributed by atoms with E-state index in [1.54, 1.807) is 12.1 Å². The van der Waals surface area contributed by atoms with Gasteiger partial charge in [-0.3, -0.25) is 4.79 Å². The Morgan fingerprint density at radius 3 is 2.34 bits per heavy atom. The molecule has 0 aliphatic rings. The first kappa shape index (κ1) is 24.6. The predicted molar refractivity (Wildman–Crippen MR) is 113 cm³/mol. The molecule has 0 spiro atoms. The molecule has 0 aliphatic heterocycles. The molecule has 2 aromatic rings. The molecular weight excluding hydrogens is 423 g/mol. The number of alkyl halides is 3. The van der Waals surface area contributed by atoms with Crippen molar-refractivity contribution in [3.8, 4) is 36.2 Å². The number of hydrogen-bond donors (Lipinski definition) is 1. The summed E-state index contributed by atoms with van der Waals surface area (Å²) < 4.78 is 54.4. The van der Waals surface area contributed by atoms with Crippen LogP contribution in [0.4, 0.5) is 13.2 Å². The third-order valence-electron chi connectivity index (χ3n) is 4.36. The van der Waals surface area contributed by atoms with Gasteiger partial charge in [0, 0.05) is 6.54 Å². The number of carbonyl (C=O) groups is 1. The van der Waals surface area contributed by atoms with Gasteiger partial charge in [-0.1, -0.05) is 30.0 Å². The summed E-state index contributed by atoms with van der Waals surface area (Å²) >= 11 is 0. The van der Waals surface area contributed by atoms with Crippen LogP contribution >= 0.6 is 0 Å². The van der Waals surface area contributed by atoms with Crippen molar-refractivity contribution in [2.45, 2.75) is 18.7 Å². The highest BCUT2D eigenvalue weighted by Crippen LogP contribution is 2.31. The van der Waals surface area contributed by atoms with Crippen LogP contribution in [0, 0.1) is 24.7 Å². The molecule has 0 radical (unpaired) electrons. The van der Waals surface area contributed by atoms with Gasteiger partial charge in [-0.15, -0.1) is 12.8 Å². The largest absolute Gasteiger partial charge is 0.493 e. The van der Waals surface area contributed by atoms with Crippen molar-refractivity contribution in [1.29, 1.82) is 0 Å². The minimum absolute atomic E-state index is 0.106. The molecule has 0 bridgehead atoms. The molecule has 5 nitrogen and oxygen atoms in total. The average Bonchev–Trinajstić information content (AvgIpc) is 2.78. The van der Waals surface area contributed by atoms with Crippen LogP contribution in [0.25, 0.3) is 0 Å². The number of ether oxygens (including phenoxy) is 3. The van der Waals surface area contributed by atoms with E-state index in [-0.39, 0.29) is 25.3 Å². The van der Waals surface area contributed by atoms with Crippen molar-refractivity contribution in [2.24, 2.45) is 0 Å². The van der Waals surface area contributed by atoms with E-state index in [1.807, 2.05) is 6.07 Å². The van der Waals surface area contributed by atoms with E-state index in [1.165, 1.54) is 19.2 Å². The van der Waals surface area contributed by atoms with Gasteiger partial charge in [-0.2, -0.15) is 13.2 Å². The van der Waals surface area contributed by atoms with Gasteiger partial charge in [0.15, 0.2) is 17.6 Å². The number of benzene rings is 2. The summed E-state index contributed by atoms with van der Waals surface area (Å²) in [6.07, 6.45) is 5.24. The first-order valence-electron chi connectivity index (χ1n) is 9.53. The normalized spacial score (nSPS) is 11.7. The Bertz CT molecular complexity index is 988. The Kier molecular flexibility index (Phi) is 9.00. The number of amides is 1. The standard InChI is InChI=1S/C24H22F3NO4/c1-4-14-31-20-11-6-17(16-21(20)30-3)12-13-28-23(29)22(32-15-5-2)18-7-9-19(10-8-18)24(25,26)27/h1-2,6-11,16,22H,12-15H2,3H3,(H,28,29). The van der Waals surface area contributed by atoms with Crippen molar-refractivity contribution >= 4 is 5.91 Å². The predicted octanol–water partition coefficient (Wildman–Crippen LogP) is 3.78. The van der Waals surface area contributed by atoms with E-state index in [9.17, 15) is 18.0 Å². The van der Waals surface area contributed by atoms with Crippen LogP contribution in [0.2, 0.25) is 0 Å². The molecule has 8 heteroatoms. The molecule has 0 saturated carbocycles. The zero-order valence-electron chi connectivity index (χ0n) is 17.4. The Hall–Kier alpha value is -3.62. The number of hydrogen-bond acceptors (Lipinski definition) is 4. The zero-order valence-corrected chi connectivity index (χ0v) is 17.4. The average molecular weight is 445 g/mol. The van der Waals surface area contributed by atoms with Crippen molar-refractivity contribution in [3.63, 3.8) is 0 Å². The molecule has 1 amide bonds. The van der Waals surface area contributed by atoms with E-state index in [0.717, 1.165) is 17.7 Å². The second-order valence-electron chi connectivity index (χ2n) is 6.53. The lowest BCUT2D eigenvalue weighted by molar-refractivity contribution is -0.137. The fourth-order valence-corrected chi connectivity index (χ4v) is 2.83. The SMILES string of the molecule is C#CCOc1ccc(CCNC(=O)C(OCC#C)c2ccc(C(F)(F)F)cc2)cc1OC. The zero-order chi connectivity index (χ0) is 23.6. The highest BCUT2D eigenvalue weighted by molar-refractivity contribution is 5.82. The van der Waals surface area contributed by atoms with Crippen LogP contribution in [0.1, 0.15) is 22.8 Å². The van der Waals surface area contributed by atoms with E-state index < -0.39 is 23.8 Å². The van der Waals surface area contributed by atoms with Gasteiger partial charge in [0.1, 0.15) is 13.2 Å². The Morgan fingerprint density at radius 1 is 1.06 bits per heavy atom. The van der Waals surface area contributed by atoms with Gasteiger partial charge >= 0.3 is 6.18 Å². The summed E-state index contributed by atoms with van der Waals surface area (Å²) in [6, 6.07) is 9.47. The lowest BCUT2D eigenvalue weighted by atomic mass is 10.1. The monoisotopic (exact) mass is 445 g/mol. The third-order valence-corrected chi connectivity index (χ3v) is 4.36. The van der Waals surface area contributed by atoms with Crippen molar-refractivity contribution in [3.05, 3.63) is 59.2 Å². The molecule has 0 heterocycles. The molecular formula is C24H22F3NO4. The third kappa shape index (κ3) is 6.97. The number of halogens is 3. The Morgan fingerprint density at radius 2 is 1.75 bits per heavy atom. The first-order chi connectivity index (χ1) is 15.3. The molecule has 2 rings (SSSR count). The molecule has 168 valence electrons. The molecule has 0 aliphatic carbocycles. The summed E-state index contributed by atoms with van der Waals surface area (Å²) in [6.45, 7) is 0.188. The van der Waals surface area contributed by atoms with Gasteiger partial charge in [0.25, 0.3) is 5.91 Å². The van der Waals surface area contributed by atoms with Gasteiger partial charge in [-0.05, 0) is 41.8 Å². The lowest BCUT2D eigenvalue weighted by Crippen LogP contribution is -2.32. The quantitative estimate of drug-likeness (QED) is 0.566.